The third-order valence-electron chi connectivity index (χ3n) is 15.6. The van der Waals surface area contributed by atoms with Gasteiger partial charge in [0.05, 0.1) is 28.4 Å². The van der Waals surface area contributed by atoms with Crippen LogP contribution in [0.2, 0.25) is 0 Å². The van der Waals surface area contributed by atoms with Crippen molar-refractivity contribution in [2.24, 2.45) is 0 Å². The summed E-state index contributed by atoms with van der Waals surface area (Å²) in [4.78, 5) is 9.10. The summed E-state index contributed by atoms with van der Waals surface area (Å²) in [5.74, 6) is 3.25. The van der Waals surface area contributed by atoms with Crippen LogP contribution in [0, 0.1) is 13.8 Å². The minimum atomic E-state index is 0.802. The first-order valence-corrected chi connectivity index (χ1v) is 28.8. The first kappa shape index (κ1) is 57.1. The number of hydrogen-bond donors (Lipinski definition) is 0. The summed E-state index contributed by atoms with van der Waals surface area (Å²) < 4.78 is 22.1. The number of rotatable bonds is 20. The van der Waals surface area contributed by atoms with Crippen molar-refractivity contribution in [3.05, 3.63) is 301 Å². The molecule has 0 aliphatic carbocycles. The SMILES string of the molecule is COc1ccc(N(C(C)=CC=C(C)c2ccc(N(c3ccc(C)cc3)c3ccc(OC)cc3)cc2)c2ccc(-c3ccc(N(c4ccc(OC)cc4)c4ccc(-c5ccc(N(c6ccc(C)cc6)c6ccc(OC)cc6)cc5)cc4)cc3)cc2)cc1. The maximum absolute atomic E-state index is 5.58. The lowest BCUT2D eigenvalue weighted by molar-refractivity contribution is 0.414. The summed E-state index contributed by atoms with van der Waals surface area (Å²) in [7, 11) is 6.78. The van der Waals surface area contributed by atoms with Crippen LogP contribution >= 0.6 is 0 Å². The highest BCUT2D eigenvalue weighted by Gasteiger charge is 2.18. The molecule has 86 heavy (non-hydrogen) atoms. The van der Waals surface area contributed by atoms with Crippen LogP contribution in [0.25, 0.3) is 27.8 Å². The Hall–Kier alpha value is -10.7. The molecule has 426 valence electrons. The average molecular weight is 1130 g/mol. The average Bonchev–Trinajstić information content (AvgIpc) is 2.47. The van der Waals surface area contributed by atoms with E-state index in [-0.39, 0.29) is 0 Å². The Morgan fingerprint density at radius 1 is 0.256 bits per heavy atom. The zero-order valence-corrected chi connectivity index (χ0v) is 50.0. The standard InChI is InChI=1S/C78H70N4O4/c1-55-9-25-66(26-10-55)80(72-41-49-76(84-6)50-42-72)68-29-15-59(16-30-68)57(3)13-14-58(4)79(65-39-47-75(83-5)48-40-65)64-31-17-60(18-32-64)61-21-35-70(36-22-61)82(74-45-53-78(86-8)54-46-74)71-37-23-63(24-38-71)62-19-33-69(34-20-62)81(67-27-11-56(2)12-28-67)73-43-51-77(85-7)52-44-73/h9-54H,1-8H3. The Kier molecular flexibility index (Phi) is 17.4. The lowest BCUT2D eigenvalue weighted by Crippen LogP contribution is -2.14. The number of hydrogen-bond acceptors (Lipinski definition) is 8. The van der Waals surface area contributed by atoms with Gasteiger partial charge in [0.2, 0.25) is 0 Å². The molecule has 0 bridgehead atoms. The normalized spacial score (nSPS) is 11.4. The summed E-state index contributed by atoms with van der Waals surface area (Å²) in [6, 6.07) is 94.0. The van der Waals surface area contributed by atoms with Gasteiger partial charge in [-0.1, -0.05) is 102 Å². The zero-order valence-electron chi connectivity index (χ0n) is 50.0. The maximum Gasteiger partial charge on any atom is 0.119 e. The van der Waals surface area contributed by atoms with Gasteiger partial charge in [-0.25, -0.2) is 0 Å². The van der Waals surface area contributed by atoms with Crippen molar-refractivity contribution in [2.45, 2.75) is 27.7 Å². The van der Waals surface area contributed by atoms with Crippen LogP contribution in [0.15, 0.2) is 285 Å². The van der Waals surface area contributed by atoms with E-state index in [1.807, 2.05) is 48.5 Å². The van der Waals surface area contributed by atoms with E-state index in [4.69, 9.17) is 18.9 Å². The molecule has 0 spiro atoms. The fourth-order valence-corrected chi connectivity index (χ4v) is 10.7. The van der Waals surface area contributed by atoms with Crippen LogP contribution < -0.4 is 38.5 Å². The topological polar surface area (TPSA) is 49.9 Å². The van der Waals surface area contributed by atoms with E-state index in [1.54, 1.807) is 28.4 Å². The quantitative estimate of drug-likeness (QED) is 0.0700. The van der Waals surface area contributed by atoms with E-state index in [1.165, 1.54) is 11.1 Å². The van der Waals surface area contributed by atoms with Crippen LogP contribution in [0.4, 0.5) is 62.6 Å². The van der Waals surface area contributed by atoms with E-state index in [0.29, 0.717) is 0 Å². The molecule has 0 aliphatic heterocycles. The van der Waals surface area contributed by atoms with E-state index >= 15 is 0 Å². The molecule has 0 amide bonds. The highest BCUT2D eigenvalue weighted by Crippen LogP contribution is 2.42. The molecular formula is C78H70N4O4. The first-order valence-electron chi connectivity index (χ1n) is 28.8. The summed E-state index contributed by atoms with van der Waals surface area (Å²) in [5, 5.41) is 0. The van der Waals surface area contributed by atoms with Gasteiger partial charge in [-0.05, 0) is 249 Å². The molecule has 11 aromatic rings. The maximum atomic E-state index is 5.58. The third kappa shape index (κ3) is 12.9. The van der Waals surface area contributed by atoms with Crippen LogP contribution in [0.1, 0.15) is 30.5 Å². The van der Waals surface area contributed by atoms with Gasteiger partial charge in [0.15, 0.2) is 0 Å². The second kappa shape index (κ2) is 26.3. The zero-order chi connectivity index (χ0) is 59.5. The summed E-state index contributed by atoms with van der Waals surface area (Å²) >= 11 is 0. The van der Waals surface area contributed by atoms with Gasteiger partial charge in [-0.3, -0.25) is 0 Å². The van der Waals surface area contributed by atoms with Crippen molar-refractivity contribution in [3.8, 4) is 45.3 Å². The molecule has 0 fully saturated rings. The molecule has 11 rings (SSSR count). The summed E-state index contributed by atoms with van der Waals surface area (Å²) in [5.41, 5.74) is 21.8. The van der Waals surface area contributed by atoms with Gasteiger partial charge < -0.3 is 38.5 Å². The van der Waals surface area contributed by atoms with Crippen LogP contribution in [-0.2, 0) is 0 Å². The van der Waals surface area contributed by atoms with Gasteiger partial charge >= 0.3 is 0 Å². The number of anilines is 11. The highest BCUT2D eigenvalue weighted by atomic mass is 16.5. The number of nitrogens with zero attached hydrogens (tertiary/aromatic N) is 4. The summed E-state index contributed by atoms with van der Waals surface area (Å²) in [6.07, 6.45) is 4.40. The van der Waals surface area contributed by atoms with Crippen molar-refractivity contribution >= 4 is 68.1 Å². The van der Waals surface area contributed by atoms with Crippen molar-refractivity contribution in [1.29, 1.82) is 0 Å². The second-order valence-electron chi connectivity index (χ2n) is 21.2. The highest BCUT2D eigenvalue weighted by molar-refractivity contribution is 5.84. The molecular weight excluding hydrogens is 1060 g/mol. The molecule has 0 saturated carbocycles. The molecule has 8 heteroatoms. The molecule has 11 aromatic carbocycles. The van der Waals surface area contributed by atoms with Crippen molar-refractivity contribution in [2.75, 3.05) is 48.0 Å². The van der Waals surface area contributed by atoms with E-state index in [0.717, 1.165) is 125 Å². The number of methoxy groups -OCH3 is 4. The third-order valence-corrected chi connectivity index (χ3v) is 15.6. The smallest absolute Gasteiger partial charge is 0.119 e. The van der Waals surface area contributed by atoms with Crippen LogP contribution in [-0.4, -0.2) is 28.4 Å². The number of allylic oxidation sites excluding steroid dienone is 4. The van der Waals surface area contributed by atoms with Crippen molar-refractivity contribution in [3.63, 3.8) is 0 Å². The van der Waals surface area contributed by atoms with E-state index in [2.05, 4.69) is 278 Å². The molecule has 0 N–H and O–H groups in total. The minimum absolute atomic E-state index is 0.802. The second-order valence-corrected chi connectivity index (χ2v) is 21.2. The van der Waals surface area contributed by atoms with E-state index in [9.17, 15) is 0 Å². The molecule has 0 aliphatic rings. The molecule has 0 heterocycles. The van der Waals surface area contributed by atoms with Crippen molar-refractivity contribution in [1.82, 2.24) is 0 Å². The Morgan fingerprint density at radius 2 is 0.465 bits per heavy atom. The lowest BCUT2D eigenvalue weighted by Gasteiger charge is -2.27. The van der Waals surface area contributed by atoms with Gasteiger partial charge in [0, 0.05) is 68.3 Å². The van der Waals surface area contributed by atoms with Gasteiger partial charge in [-0.15, -0.1) is 0 Å². The van der Waals surface area contributed by atoms with Gasteiger partial charge in [-0.2, -0.15) is 0 Å². The van der Waals surface area contributed by atoms with Crippen LogP contribution in [0.3, 0.4) is 0 Å². The number of aryl methyl sites for hydroxylation is 2. The predicted octanol–water partition coefficient (Wildman–Crippen LogP) is 21.2. The molecule has 0 aromatic heterocycles. The lowest BCUT2D eigenvalue weighted by atomic mass is 10.0. The molecule has 0 unspecified atom stereocenters. The fourth-order valence-electron chi connectivity index (χ4n) is 10.7. The van der Waals surface area contributed by atoms with Gasteiger partial charge in [0.25, 0.3) is 0 Å². The molecule has 0 saturated heterocycles. The largest absolute Gasteiger partial charge is 0.497 e. The van der Waals surface area contributed by atoms with Gasteiger partial charge in [0.1, 0.15) is 23.0 Å². The Bertz CT molecular complexity index is 4050. The molecule has 0 atom stereocenters. The number of ether oxygens (including phenoxy) is 4. The Labute approximate surface area is 506 Å². The Balaban J connectivity index is 0.834. The van der Waals surface area contributed by atoms with E-state index < -0.39 is 0 Å². The monoisotopic (exact) mass is 1130 g/mol. The molecule has 0 radical (unpaired) electrons. The molecule has 8 nitrogen and oxygen atoms in total. The number of benzene rings is 11. The van der Waals surface area contributed by atoms with Crippen LogP contribution in [0.5, 0.6) is 23.0 Å². The fraction of sp³-hybridized carbons (Fsp3) is 0.103. The predicted molar refractivity (Wildman–Crippen MR) is 359 cm³/mol. The summed E-state index contributed by atoms with van der Waals surface area (Å²) in [6.45, 7) is 8.54. The Morgan fingerprint density at radius 3 is 0.721 bits per heavy atom. The first-order chi connectivity index (χ1) is 42.1. The van der Waals surface area contributed by atoms with Crippen molar-refractivity contribution < 1.29 is 18.9 Å². The minimum Gasteiger partial charge on any atom is -0.497 e.